The molecule has 0 unspecified atom stereocenters. The van der Waals surface area contributed by atoms with E-state index < -0.39 is 0 Å². The minimum Gasteiger partial charge on any atom is -0.314 e. The van der Waals surface area contributed by atoms with Crippen LogP contribution in [0.15, 0.2) is 24.3 Å². The fourth-order valence-electron chi connectivity index (χ4n) is 3.98. The summed E-state index contributed by atoms with van der Waals surface area (Å²) >= 11 is 0. The average molecular weight is 272 g/mol. The molecule has 1 N–H and O–H groups in total. The molecule has 1 aromatic carbocycles. The van der Waals surface area contributed by atoms with E-state index in [0.29, 0.717) is 0 Å². The van der Waals surface area contributed by atoms with E-state index in [1.54, 1.807) is 11.1 Å². The number of hydrogen-bond acceptors (Lipinski definition) is 2. The molecule has 1 heterocycles. The highest BCUT2D eigenvalue weighted by Crippen LogP contribution is 2.25. The zero-order valence-electron chi connectivity index (χ0n) is 12.8. The van der Waals surface area contributed by atoms with E-state index in [-0.39, 0.29) is 0 Å². The standard InChI is InChI=1S/C18H28N2/c1-2-19-17-7-9-18(10-8-17)20-13-11-15-5-3-4-6-16(15)12-14-20/h3-6,17-19H,2,7-14H2,1H3. The van der Waals surface area contributed by atoms with Crippen LogP contribution in [0.5, 0.6) is 0 Å². The SMILES string of the molecule is CCNC1CCC(N2CCc3ccccc3CC2)CC1. The van der Waals surface area contributed by atoms with E-state index in [1.165, 1.54) is 51.6 Å². The van der Waals surface area contributed by atoms with Gasteiger partial charge < -0.3 is 5.32 Å². The number of rotatable bonds is 3. The summed E-state index contributed by atoms with van der Waals surface area (Å²) < 4.78 is 0. The zero-order valence-corrected chi connectivity index (χ0v) is 12.8. The van der Waals surface area contributed by atoms with Crippen molar-refractivity contribution in [3.63, 3.8) is 0 Å². The lowest BCUT2D eigenvalue weighted by molar-refractivity contribution is 0.149. The summed E-state index contributed by atoms with van der Waals surface area (Å²) in [5, 5.41) is 3.62. The molecule has 1 aromatic rings. The maximum atomic E-state index is 3.62. The monoisotopic (exact) mass is 272 g/mol. The Hall–Kier alpha value is -0.860. The lowest BCUT2D eigenvalue weighted by Gasteiger charge is -2.36. The quantitative estimate of drug-likeness (QED) is 0.910. The third-order valence-corrected chi connectivity index (χ3v) is 5.16. The number of benzene rings is 1. The van der Waals surface area contributed by atoms with Gasteiger partial charge in [-0.05, 0) is 56.2 Å². The van der Waals surface area contributed by atoms with Crippen LogP contribution in [0.2, 0.25) is 0 Å². The van der Waals surface area contributed by atoms with Crippen molar-refractivity contribution in [2.75, 3.05) is 19.6 Å². The second-order valence-electron chi connectivity index (χ2n) is 6.37. The maximum Gasteiger partial charge on any atom is 0.00966 e. The highest BCUT2D eigenvalue weighted by atomic mass is 15.2. The molecular weight excluding hydrogens is 244 g/mol. The molecule has 1 fully saturated rings. The molecule has 0 spiro atoms. The van der Waals surface area contributed by atoms with E-state index in [4.69, 9.17) is 0 Å². The highest BCUT2D eigenvalue weighted by molar-refractivity contribution is 5.28. The average Bonchev–Trinajstić information content (AvgIpc) is 2.71. The summed E-state index contributed by atoms with van der Waals surface area (Å²) in [6.07, 6.45) is 7.97. The third-order valence-electron chi connectivity index (χ3n) is 5.16. The van der Waals surface area contributed by atoms with Gasteiger partial charge in [0.05, 0.1) is 0 Å². The van der Waals surface area contributed by atoms with Crippen molar-refractivity contribution in [3.8, 4) is 0 Å². The summed E-state index contributed by atoms with van der Waals surface area (Å²) in [5.74, 6) is 0. The first-order valence-corrected chi connectivity index (χ1v) is 8.41. The number of nitrogens with zero attached hydrogens (tertiary/aromatic N) is 1. The van der Waals surface area contributed by atoms with Crippen molar-refractivity contribution in [2.24, 2.45) is 0 Å². The summed E-state index contributed by atoms with van der Waals surface area (Å²) in [5.41, 5.74) is 3.16. The van der Waals surface area contributed by atoms with Crippen LogP contribution in [0.3, 0.4) is 0 Å². The molecule has 1 saturated carbocycles. The molecule has 1 aliphatic carbocycles. The number of fused-ring (bicyclic) bond motifs is 1. The molecule has 0 bridgehead atoms. The molecule has 20 heavy (non-hydrogen) atoms. The van der Waals surface area contributed by atoms with Gasteiger partial charge in [0.25, 0.3) is 0 Å². The van der Waals surface area contributed by atoms with Gasteiger partial charge in [-0.2, -0.15) is 0 Å². The summed E-state index contributed by atoms with van der Waals surface area (Å²) in [7, 11) is 0. The van der Waals surface area contributed by atoms with E-state index >= 15 is 0 Å². The Morgan fingerprint density at radius 3 is 2.15 bits per heavy atom. The minimum absolute atomic E-state index is 0.778. The van der Waals surface area contributed by atoms with Crippen LogP contribution in [0.25, 0.3) is 0 Å². The predicted octanol–water partition coefficient (Wildman–Crippen LogP) is 3.01. The van der Waals surface area contributed by atoms with E-state index in [9.17, 15) is 0 Å². The van der Waals surface area contributed by atoms with Gasteiger partial charge in [-0.3, -0.25) is 4.90 Å². The first-order chi connectivity index (χ1) is 9.86. The maximum absolute atomic E-state index is 3.62. The molecule has 0 amide bonds. The van der Waals surface area contributed by atoms with Crippen molar-refractivity contribution in [3.05, 3.63) is 35.4 Å². The van der Waals surface area contributed by atoms with Crippen molar-refractivity contribution in [2.45, 2.75) is 57.5 Å². The highest BCUT2D eigenvalue weighted by Gasteiger charge is 2.26. The number of hydrogen-bond donors (Lipinski definition) is 1. The minimum atomic E-state index is 0.778. The predicted molar refractivity (Wildman–Crippen MR) is 85.1 cm³/mol. The van der Waals surface area contributed by atoms with Crippen molar-refractivity contribution >= 4 is 0 Å². The van der Waals surface area contributed by atoms with Crippen LogP contribution >= 0.6 is 0 Å². The van der Waals surface area contributed by atoms with Crippen molar-refractivity contribution in [1.29, 1.82) is 0 Å². The first-order valence-electron chi connectivity index (χ1n) is 8.41. The fourth-order valence-corrected chi connectivity index (χ4v) is 3.98. The first kappa shape index (κ1) is 14.1. The van der Waals surface area contributed by atoms with Crippen molar-refractivity contribution < 1.29 is 0 Å². The second kappa shape index (κ2) is 6.73. The van der Waals surface area contributed by atoms with Crippen LogP contribution in [0, 0.1) is 0 Å². The Labute approximate surface area is 123 Å². The lowest BCUT2D eigenvalue weighted by atomic mass is 9.90. The van der Waals surface area contributed by atoms with Gasteiger partial charge in [0.2, 0.25) is 0 Å². The zero-order chi connectivity index (χ0) is 13.8. The van der Waals surface area contributed by atoms with Crippen LogP contribution in [-0.4, -0.2) is 36.6 Å². The lowest BCUT2D eigenvalue weighted by Crippen LogP contribution is -2.43. The van der Waals surface area contributed by atoms with E-state index in [1.807, 2.05) is 0 Å². The molecule has 0 aromatic heterocycles. The normalized spacial score (nSPS) is 27.9. The van der Waals surface area contributed by atoms with Crippen LogP contribution < -0.4 is 5.32 Å². The third kappa shape index (κ3) is 3.24. The number of nitrogens with one attached hydrogen (secondary N) is 1. The van der Waals surface area contributed by atoms with E-state index in [0.717, 1.165) is 18.6 Å². The molecule has 2 aliphatic rings. The Kier molecular flexibility index (Phi) is 4.74. The Balaban J connectivity index is 1.55. The van der Waals surface area contributed by atoms with Gasteiger partial charge in [-0.25, -0.2) is 0 Å². The van der Waals surface area contributed by atoms with Crippen LogP contribution in [-0.2, 0) is 12.8 Å². The topological polar surface area (TPSA) is 15.3 Å². The van der Waals surface area contributed by atoms with Gasteiger partial charge >= 0.3 is 0 Å². The van der Waals surface area contributed by atoms with Gasteiger partial charge in [-0.15, -0.1) is 0 Å². The van der Waals surface area contributed by atoms with Gasteiger partial charge in [0.1, 0.15) is 0 Å². The summed E-state index contributed by atoms with van der Waals surface area (Å²) in [6, 6.07) is 10.6. The van der Waals surface area contributed by atoms with E-state index in [2.05, 4.69) is 41.4 Å². The molecule has 0 atom stereocenters. The smallest absolute Gasteiger partial charge is 0.00966 e. The molecule has 3 rings (SSSR count). The van der Waals surface area contributed by atoms with Crippen LogP contribution in [0.4, 0.5) is 0 Å². The van der Waals surface area contributed by atoms with Gasteiger partial charge in [-0.1, -0.05) is 31.2 Å². The Bertz CT molecular complexity index is 394. The molecule has 1 aliphatic heterocycles. The second-order valence-corrected chi connectivity index (χ2v) is 6.37. The molecular formula is C18H28N2. The molecule has 2 nitrogen and oxygen atoms in total. The molecule has 110 valence electrons. The summed E-state index contributed by atoms with van der Waals surface area (Å²) in [6.45, 7) is 5.85. The Morgan fingerprint density at radius 1 is 1.00 bits per heavy atom. The van der Waals surface area contributed by atoms with Crippen LogP contribution in [0.1, 0.15) is 43.7 Å². The van der Waals surface area contributed by atoms with Gasteiger partial charge in [0.15, 0.2) is 0 Å². The Morgan fingerprint density at radius 2 is 1.60 bits per heavy atom. The summed E-state index contributed by atoms with van der Waals surface area (Å²) in [4.78, 5) is 2.77. The fraction of sp³-hybridized carbons (Fsp3) is 0.667. The molecule has 2 heteroatoms. The molecule has 0 saturated heterocycles. The molecule has 0 radical (unpaired) electrons. The van der Waals surface area contributed by atoms with Gasteiger partial charge in [0, 0.05) is 25.2 Å². The largest absolute Gasteiger partial charge is 0.314 e. The van der Waals surface area contributed by atoms with Crippen molar-refractivity contribution in [1.82, 2.24) is 10.2 Å².